The predicted molar refractivity (Wildman–Crippen MR) is 86.8 cm³/mol. The van der Waals surface area contributed by atoms with E-state index in [0.29, 0.717) is 12.6 Å². The number of nitrogens with zero attached hydrogens (tertiary/aromatic N) is 1. The summed E-state index contributed by atoms with van der Waals surface area (Å²) in [5.41, 5.74) is 5.40. The van der Waals surface area contributed by atoms with Crippen molar-refractivity contribution in [2.45, 2.75) is 37.8 Å². The van der Waals surface area contributed by atoms with Crippen LogP contribution in [0.4, 0.5) is 5.82 Å². The molecule has 0 saturated heterocycles. The van der Waals surface area contributed by atoms with Gasteiger partial charge in [0.05, 0.1) is 11.7 Å². The Kier molecular flexibility index (Phi) is 6.25. The second-order valence-corrected chi connectivity index (χ2v) is 5.57. The fourth-order valence-corrected chi connectivity index (χ4v) is 2.54. The smallest absolute Gasteiger partial charge is 0.252 e. The summed E-state index contributed by atoms with van der Waals surface area (Å²) in [5, 5.41) is 15.3. The van der Waals surface area contributed by atoms with Crippen molar-refractivity contribution >= 4 is 17.6 Å². The van der Waals surface area contributed by atoms with Crippen LogP contribution < -0.4 is 16.4 Å². The molecule has 5 N–H and O–H groups in total. The number of pyridine rings is 1. The first-order chi connectivity index (χ1) is 11.1. The Bertz CT molecular complexity index is 580. The zero-order valence-corrected chi connectivity index (χ0v) is 12.9. The third-order valence-corrected chi connectivity index (χ3v) is 3.81. The molecule has 7 nitrogen and oxygen atoms in total. The largest absolute Gasteiger partial charge is 0.393 e. The molecule has 0 aromatic carbocycles. The molecule has 124 valence electrons. The van der Waals surface area contributed by atoms with E-state index in [9.17, 15) is 14.7 Å². The normalized spacial score (nSPS) is 21.3. The first-order valence-corrected chi connectivity index (χ1v) is 7.70. The monoisotopic (exact) mass is 318 g/mol. The van der Waals surface area contributed by atoms with Crippen LogP contribution in [0.3, 0.4) is 0 Å². The summed E-state index contributed by atoms with van der Waals surface area (Å²) in [6, 6.07) is 3.47. The molecule has 1 aliphatic rings. The third kappa shape index (κ3) is 5.46. The van der Waals surface area contributed by atoms with Gasteiger partial charge in [-0.2, -0.15) is 0 Å². The lowest BCUT2D eigenvalue weighted by molar-refractivity contribution is -0.111. The molecule has 0 unspecified atom stereocenters. The maximum Gasteiger partial charge on any atom is 0.252 e. The molecule has 0 aliphatic heterocycles. The minimum Gasteiger partial charge on any atom is -0.393 e. The fraction of sp³-hybridized carbons (Fsp3) is 0.438. The lowest BCUT2D eigenvalue weighted by atomic mass is 9.93. The Morgan fingerprint density at radius 2 is 2.09 bits per heavy atom. The second-order valence-electron chi connectivity index (χ2n) is 5.57. The van der Waals surface area contributed by atoms with Crippen LogP contribution in [0.1, 0.15) is 36.0 Å². The summed E-state index contributed by atoms with van der Waals surface area (Å²) in [7, 11) is 0. The summed E-state index contributed by atoms with van der Waals surface area (Å²) >= 11 is 0. The van der Waals surface area contributed by atoms with Crippen molar-refractivity contribution in [1.82, 2.24) is 10.3 Å². The number of nitrogens with one attached hydrogen (secondary N) is 2. The number of rotatable bonds is 6. The number of amides is 2. The first-order valence-electron chi connectivity index (χ1n) is 7.70. The van der Waals surface area contributed by atoms with Crippen LogP contribution in [0.25, 0.3) is 0 Å². The molecule has 2 amide bonds. The van der Waals surface area contributed by atoms with Gasteiger partial charge in [-0.1, -0.05) is 6.08 Å². The van der Waals surface area contributed by atoms with Gasteiger partial charge in [0.15, 0.2) is 0 Å². The number of aliphatic hydroxyl groups is 1. The van der Waals surface area contributed by atoms with Gasteiger partial charge >= 0.3 is 0 Å². The molecular formula is C16H22N4O3. The number of aromatic nitrogens is 1. The van der Waals surface area contributed by atoms with Crippen LogP contribution >= 0.6 is 0 Å². The van der Waals surface area contributed by atoms with Crippen molar-refractivity contribution in [3.8, 4) is 0 Å². The fourth-order valence-electron chi connectivity index (χ4n) is 2.54. The van der Waals surface area contributed by atoms with Crippen LogP contribution in [-0.2, 0) is 4.79 Å². The quantitative estimate of drug-likeness (QED) is 0.572. The number of carbonyl (C=O) groups excluding carboxylic acids is 2. The van der Waals surface area contributed by atoms with Gasteiger partial charge in [0, 0.05) is 24.9 Å². The zero-order chi connectivity index (χ0) is 16.7. The van der Waals surface area contributed by atoms with Gasteiger partial charge in [0.25, 0.3) is 5.91 Å². The van der Waals surface area contributed by atoms with E-state index in [1.165, 1.54) is 18.3 Å². The highest BCUT2D eigenvalue weighted by Gasteiger charge is 2.18. The summed E-state index contributed by atoms with van der Waals surface area (Å²) in [4.78, 5) is 27.0. The molecule has 23 heavy (non-hydrogen) atoms. The van der Waals surface area contributed by atoms with Crippen molar-refractivity contribution in [2.24, 2.45) is 5.73 Å². The van der Waals surface area contributed by atoms with E-state index in [1.54, 1.807) is 12.1 Å². The Hall–Kier alpha value is -2.25. The highest BCUT2D eigenvalue weighted by molar-refractivity contribution is 6.04. The topological polar surface area (TPSA) is 117 Å². The van der Waals surface area contributed by atoms with Gasteiger partial charge in [-0.25, -0.2) is 4.98 Å². The standard InChI is InChI=1S/C16H22N4O3/c17-15(23)13-3-1-10-19-16(13)20-14(22)4-2-9-18-11-5-7-12(21)8-6-11/h1-4,10-12,18,21H,5-9H2,(H2,17,23)(H,19,20,22). The van der Waals surface area contributed by atoms with Crippen LogP contribution in [-0.4, -0.2) is 40.6 Å². The zero-order valence-electron chi connectivity index (χ0n) is 12.9. The number of hydrogen-bond donors (Lipinski definition) is 4. The van der Waals surface area contributed by atoms with Gasteiger partial charge in [-0.3, -0.25) is 9.59 Å². The minimum atomic E-state index is -0.640. The van der Waals surface area contributed by atoms with E-state index in [0.717, 1.165) is 25.7 Å². The molecule has 0 spiro atoms. The lowest BCUT2D eigenvalue weighted by Crippen LogP contribution is -2.34. The summed E-state index contributed by atoms with van der Waals surface area (Å²) < 4.78 is 0. The van der Waals surface area contributed by atoms with Gasteiger partial charge in [0.2, 0.25) is 5.91 Å². The third-order valence-electron chi connectivity index (χ3n) is 3.81. The summed E-state index contributed by atoms with van der Waals surface area (Å²) in [5.74, 6) is -0.852. The van der Waals surface area contributed by atoms with E-state index in [4.69, 9.17) is 5.73 Å². The predicted octanol–water partition coefficient (Wildman–Crippen LogP) is 0.568. The van der Waals surface area contributed by atoms with Gasteiger partial charge in [0.1, 0.15) is 5.82 Å². The van der Waals surface area contributed by atoms with Crippen molar-refractivity contribution in [1.29, 1.82) is 0 Å². The van der Waals surface area contributed by atoms with Crippen molar-refractivity contribution in [3.05, 3.63) is 36.0 Å². The number of nitrogens with two attached hydrogens (primary N) is 1. The van der Waals surface area contributed by atoms with E-state index in [-0.39, 0.29) is 23.4 Å². The van der Waals surface area contributed by atoms with Crippen LogP contribution in [0, 0.1) is 0 Å². The van der Waals surface area contributed by atoms with Gasteiger partial charge in [-0.15, -0.1) is 0 Å². The van der Waals surface area contributed by atoms with E-state index < -0.39 is 5.91 Å². The minimum absolute atomic E-state index is 0.156. The van der Waals surface area contributed by atoms with Crippen LogP contribution in [0.15, 0.2) is 30.5 Å². The molecule has 1 aromatic heterocycles. The Morgan fingerprint density at radius 3 is 2.78 bits per heavy atom. The van der Waals surface area contributed by atoms with Gasteiger partial charge < -0.3 is 21.5 Å². The molecule has 7 heteroatoms. The molecule has 1 saturated carbocycles. The highest BCUT2D eigenvalue weighted by atomic mass is 16.3. The average Bonchev–Trinajstić information content (AvgIpc) is 2.53. The summed E-state index contributed by atoms with van der Waals surface area (Å²) in [6.45, 7) is 0.569. The Balaban J connectivity index is 1.77. The number of carbonyl (C=O) groups is 2. The van der Waals surface area contributed by atoms with Gasteiger partial charge in [-0.05, 0) is 37.8 Å². The maximum atomic E-state index is 11.8. The van der Waals surface area contributed by atoms with Crippen LogP contribution in [0.5, 0.6) is 0 Å². The molecule has 0 bridgehead atoms. The molecule has 0 radical (unpaired) electrons. The number of aliphatic hydroxyl groups excluding tert-OH is 1. The second kappa shape index (κ2) is 8.40. The molecule has 1 aliphatic carbocycles. The SMILES string of the molecule is NC(=O)c1cccnc1NC(=O)C=CCNC1CCC(O)CC1. The maximum absolute atomic E-state index is 11.8. The molecule has 0 atom stereocenters. The van der Waals surface area contributed by atoms with E-state index in [2.05, 4.69) is 15.6 Å². The van der Waals surface area contributed by atoms with E-state index >= 15 is 0 Å². The van der Waals surface area contributed by atoms with Crippen LogP contribution in [0.2, 0.25) is 0 Å². The Morgan fingerprint density at radius 1 is 1.35 bits per heavy atom. The van der Waals surface area contributed by atoms with Crippen molar-refractivity contribution < 1.29 is 14.7 Å². The summed E-state index contributed by atoms with van der Waals surface area (Å²) in [6.07, 6.45) is 7.93. The number of anilines is 1. The molecular weight excluding hydrogens is 296 g/mol. The molecule has 1 fully saturated rings. The molecule has 1 heterocycles. The molecule has 1 aromatic rings. The molecule has 2 rings (SSSR count). The first kappa shape index (κ1) is 17.1. The number of primary amides is 1. The average molecular weight is 318 g/mol. The number of hydrogen-bond acceptors (Lipinski definition) is 5. The van der Waals surface area contributed by atoms with Crippen molar-refractivity contribution in [2.75, 3.05) is 11.9 Å². The Labute approximate surface area is 135 Å². The lowest BCUT2D eigenvalue weighted by Gasteiger charge is -2.25. The van der Waals surface area contributed by atoms with Crippen molar-refractivity contribution in [3.63, 3.8) is 0 Å². The highest BCUT2D eigenvalue weighted by Crippen LogP contribution is 2.18. The van der Waals surface area contributed by atoms with E-state index in [1.807, 2.05) is 0 Å².